The van der Waals surface area contributed by atoms with E-state index in [0.717, 1.165) is 38.8 Å². The second-order valence-electron chi connectivity index (χ2n) is 6.92. The van der Waals surface area contributed by atoms with Crippen molar-refractivity contribution in [1.82, 2.24) is 10.2 Å². The van der Waals surface area contributed by atoms with Gasteiger partial charge in [0, 0.05) is 25.7 Å². The zero-order valence-electron chi connectivity index (χ0n) is 14.4. The highest BCUT2D eigenvalue weighted by molar-refractivity contribution is 4.90. The van der Waals surface area contributed by atoms with Crippen LogP contribution in [0.1, 0.15) is 53.9 Å². The van der Waals surface area contributed by atoms with Gasteiger partial charge in [-0.25, -0.2) is 0 Å². The van der Waals surface area contributed by atoms with E-state index in [4.69, 9.17) is 4.74 Å². The van der Waals surface area contributed by atoms with Gasteiger partial charge in [-0.15, -0.1) is 0 Å². The predicted octanol–water partition coefficient (Wildman–Crippen LogP) is 3.15. The van der Waals surface area contributed by atoms with Crippen LogP contribution in [-0.4, -0.2) is 50.3 Å². The maximum atomic E-state index is 5.51. The molecular formula is C17H36N2O. The number of ether oxygens (including phenoxy) is 1. The van der Waals surface area contributed by atoms with E-state index in [9.17, 15) is 0 Å². The average Bonchev–Trinajstić information content (AvgIpc) is 2.40. The van der Waals surface area contributed by atoms with Crippen molar-refractivity contribution in [1.29, 1.82) is 0 Å². The molecule has 0 aromatic rings. The third-order valence-corrected chi connectivity index (χ3v) is 4.68. The van der Waals surface area contributed by atoms with Gasteiger partial charge in [0.15, 0.2) is 0 Å². The van der Waals surface area contributed by atoms with Gasteiger partial charge < -0.3 is 15.0 Å². The molecule has 1 rings (SSSR count). The van der Waals surface area contributed by atoms with Crippen LogP contribution in [0.15, 0.2) is 0 Å². The molecule has 1 fully saturated rings. The molecule has 1 aliphatic carbocycles. The van der Waals surface area contributed by atoms with Crippen molar-refractivity contribution in [3.63, 3.8) is 0 Å². The molecule has 0 amide bonds. The maximum absolute atomic E-state index is 5.51. The van der Waals surface area contributed by atoms with Crippen LogP contribution in [-0.2, 0) is 4.74 Å². The van der Waals surface area contributed by atoms with Gasteiger partial charge >= 0.3 is 0 Å². The van der Waals surface area contributed by atoms with Crippen LogP contribution < -0.4 is 5.32 Å². The van der Waals surface area contributed by atoms with E-state index in [-0.39, 0.29) is 0 Å². The Bertz CT molecular complexity index is 255. The van der Waals surface area contributed by atoms with Gasteiger partial charge in [-0.3, -0.25) is 0 Å². The fraction of sp³-hybridized carbons (Fsp3) is 1.00. The minimum absolute atomic E-state index is 0.510. The summed E-state index contributed by atoms with van der Waals surface area (Å²) in [4.78, 5) is 2.56. The van der Waals surface area contributed by atoms with Crippen molar-refractivity contribution in [2.45, 2.75) is 59.9 Å². The molecule has 0 heterocycles. The smallest absolute Gasteiger partial charge is 0.0593 e. The zero-order valence-corrected chi connectivity index (χ0v) is 14.4. The summed E-state index contributed by atoms with van der Waals surface area (Å²) in [6.07, 6.45) is 4.02. The number of hydrogen-bond acceptors (Lipinski definition) is 3. The number of nitrogens with zero attached hydrogens (tertiary/aromatic N) is 1. The minimum atomic E-state index is 0.510. The third kappa shape index (κ3) is 6.11. The predicted molar refractivity (Wildman–Crippen MR) is 87.2 cm³/mol. The summed E-state index contributed by atoms with van der Waals surface area (Å²) in [6, 6.07) is 0.703. The molecule has 0 aromatic heterocycles. The second kappa shape index (κ2) is 9.01. The molecule has 3 heteroatoms. The summed E-state index contributed by atoms with van der Waals surface area (Å²) in [5, 5.41) is 3.71. The topological polar surface area (TPSA) is 24.5 Å². The summed E-state index contributed by atoms with van der Waals surface area (Å²) in [6.45, 7) is 17.6. The Hall–Kier alpha value is -0.120. The Morgan fingerprint density at radius 2 is 2.00 bits per heavy atom. The highest BCUT2D eigenvalue weighted by atomic mass is 16.5. The molecule has 2 atom stereocenters. The van der Waals surface area contributed by atoms with E-state index in [0.29, 0.717) is 11.5 Å². The Morgan fingerprint density at radius 3 is 2.60 bits per heavy atom. The third-order valence-electron chi connectivity index (χ3n) is 4.68. The van der Waals surface area contributed by atoms with Gasteiger partial charge in [0.2, 0.25) is 0 Å². The number of rotatable bonds is 9. The Morgan fingerprint density at radius 1 is 1.25 bits per heavy atom. The highest BCUT2D eigenvalue weighted by Gasteiger charge is 2.34. The standard InChI is InChI=1S/C17H36N2O/c1-6-18-16-9-10-17(4,5)13-15(16)14-19(7-2)11-12-20-8-3/h15-16,18H,6-14H2,1-5H3. The first-order valence-corrected chi connectivity index (χ1v) is 8.55. The molecule has 3 nitrogen and oxygen atoms in total. The normalized spacial score (nSPS) is 26.1. The molecule has 0 bridgehead atoms. The van der Waals surface area contributed by atoms with Crippen molar-refractivity contribution in [2.75, 3.05) is 39.4 Å². The minimum Gasteiger partial charge on any atom is -0.380 e. The first kappa shape index (κ1) is 17.9. The van der Waals surface area contributed by atoms with E-state index in [1.54, 1.807) is 0 Å². The molecule has 0 spiro atoms. The van der Waals surface area contributed by atoms with Gasteiger partial charge in [-0.2, -0.15) is 0 Å². The van der Waals surface area contributed by atoms with Gasteiger partial charge in [0.1, 0.15) is 0 Å². The fourth-order valence-corrected chi connectivity index (χ4v) is 3.51. The zero-order chi connectivity index (χ0) is 15.0. The van der Waals surface area contributed by atoms with Crippen molar-refractivity contribution >= 4 is 0 Å². The fourth-order valence-electron chi connectivity index (χ4n) is 3.51. The second-order valence-corrected chi connectivity index (χ2v) is 6.92. The van der Waals surface area contributed by atoms with E-state index >= 15 is 0 Å². The summed E-state index contributed by atoms with van der Waals surface area (Å²) in [7, 11) is 0. The lowest BCUT2D eigenvalue weighted by atomic mass is 9.69. The first-order chi connectivity index (χ1) is 9.52. The molecule has 20 heavy (non-hydrogen) atoms. The lowest BCUT2D eigenvalue weighted by Gasteiger charge is -2.43. The lowest BCUT2D eigenvalue weighted by molar-refractivity contribution is 0.0765. The average molecular weight is 284 g/mol. The van der Waals surface area contributed by atoms with Crippen LogP contribution in [0.3, 0.4) is 0 Å². The van der Waals surface area contributed by atoms with Crippen LogP contribution >= 0.6 is 0 Å². The molecule has 120 valence electrons. The van der Waals surface area contributed by atoms with E-state index in [1.807, 2.05) is 0 Å². The molecule has 1 saturated carbocycles. The monoisotopic (exact) mass is 284 g/mol. The van der Waals surface area contributed by atoms with Crippen molar-refractivity contribution in [2.24, 2.45) is 11.3 Å². The summed E-state index contributed by atoms with van der Waals surface area (Å²) in [5.41, 5.74) is 0.510. The van der Waals surface area contributed by atoms with Crippen LogP contribution in [0.4, 0.5) is 0 Å². The van der Waals surface area contributed by atoms with E-state index in [1.165, 1.54) is 25.8 Å². The molecule has 1 aliphatic rings. The molecule has 2 unspecified atom stereocenters. The highest BCUT2D eigenvalue weighted by Crippen LogP contribution is 2.39. The SMILES string of the molecule is CCNC1CCC(C)(C)CC1CN(CC)CCOCC. The van der Waals surface area contributed by atoms with Gasteiger partial charge in [0.25, 0.3) is 0 Å². The largest absolute Gasteiger partial charge is 0.380 e. The van der Waals surface area contributed by atoms with E-state index in [2.05, 4.69) is 44.8 Å². The molecule has 0 aromatic carbocycles. The Balaban J connectivity index is 2.53. The van der Waals surface area contributed by atoms with E-state index < -0.39 is 0 Å². The van der Waals surface area contributed by atoms with Crippen molar-refractivity contribution < 1.29 is 4.74 Å². The lowest BCUT2D eigenvalue weighted by Crippen LogP contribution is -2.48. The summed E-state index contributed by atoms with van der Waals surface area (Å²) >= 11 is 0. The number of hydrogen-bond donors (Lipinski definition) is 1. The maximum Gasteiger partial charge on any atom is 0.0593 e. The first-order valence-electron chi connectivity index (χ1n) is 8.55. The van der Waals surface area contributed by atoms with Crippen molar-refractivity contribution in [3.8, 4) is 0 Å². The van der Waals surface area contributed by atoms with Crippen LogP contribution in [0.2, 0.25) is 0 Å². The molecule has 0 aliphatic heterocycles. The van der Waals surface area contributed by atoms with Crippen LogP contribution in [0.25, 0.3) is 0 Å². The Kier molecular flexibility index (Phi) is 8.08. The number of nitrogens with one attached hydrogen (secondary N) is 1. The van der Waals surface area contributed by atoms with Gasteiger partial charge in [-0.05, 0) is 50.6 Å². The van der Waals surface area contributed by atoms with Crippen molar-refractivity contribution in [3.05, 3.63) is 0 Å². The van der Waals surface area contributed by atoms with Crippen LogP contribution in [0, 0.1) is 11.3 Å². The Labute approximate surface area is 126 Å². The summed E-state index contributed by atoms with van der Waals surface area (Å²) < 4.78 is 5.51. The molecule has 0 radical (unpaired) electrons. The molecule has 0 saturated heterocycles. The molecule has 1 N–H and O–H groups in total. The van der Waals surface area contributed by atoms with Crippen LogP contribution in [0.5, 0.6) is 0 Å². The molecular weight excluding hydrogens is 248 g/mol. The van der Waals surface area contributed by atoms with Gasteiger partial charge in [0.05, 0.1) is 6.61 Å². The van der Waals surface area contributed by atoms with Gasteiger partial charge in [-0.1, -0.05) is 27.7 Å². The summed E-state index contributed by atoms with van der Waals surface area (Å²) in [5.74, 6) is 0.778. The number of likely N-dealkylation sites (N-methyl/N-ethyl adjacent to an activating group) is 1. The quantitative estimate of drug-likeness (QED) is 0.658.